The second kappa shape index (κ2) is 6.84. The SMILES string of the molecule is N#Cc1ccc(CC2CC3(C2)CN(C(=O)N2CC4(CCS(=O)(=O)N4)C2)C3)cc1C(F)(F)F. The number of sulfonamides is 1. The monoisotopic (exact) mass is 468 g/mol. The summed E-state index contributed by atoms with van der Waals surface area (Å²) in [7, 11) is -3.22. The Hall–Kier alpha value is -2.32. The Bertz CT molecular complexity index is 1110. The molecule has 3 aliphatic heterocycles. The van der Waals surface area contributed by atoms with Gasteiger partial charge in [0.25, 0.3) is 0 Å². The van der Waals surface area contributed by atoms with Crippen LogP contribution in [0.5, 0.6) is 0 Å². The predicted molar refractivity (Wildman–Crippen MR) is 108 cm³/mol. The first-order chi connectivity index (χ1) is 14.9. The first-order valence-corrected chi connectivity index (χ1v) is 12.2. The lowest BCUT2D eigenvalue weighted by Crippen LogP contribution is -2.73. The van der Waals surface area contributed by atoms with Crippen LogP contribution in [0.4, 0.5) is 18.0 Å². The Balaban J connectivity index is 1.11. The Morgan fingerprint density at radius 1 is 1.19 bits per heavy atom. The molecule has 7 nitrogen and oxygen atoms in total. The van der Waals surface area contributed by atoms with Crippen molar-refractivity contribution in [3.63, 3.8) is 0 Å². The first-order valence-electron chi connectivity index (χ1n) is 10.6. The number of urea groups is 1. The van der Waals surface area contributed by atoms with E-state index in [4.69, 9.17) is 5.26 Å². The lowest BCUT2D eigenvalue weighted by atomic mass is 9.56. The zero-order valence-electron chi connectivity index (χ0n) is 17.3. The largest absolute Gasteiger partial charge is 0.417 e. The summed E-state index contributed by atoms with van der Waals surface area (Å²) in [6.45, 7) is 2.08. The molecule has 1 aromatic rings. The van der Waals surface area contributed by atoms with Gasteiger partial charge in [-0.25, -0.2) is 17.9 Å². The molecule has 5 rings (SSSR count). The molecule has 0 bridgehead atoms. The van der Waals surface area contributed by atoms with E-state index >= 15 is 0 Å². The number of benzene rings is 1. The summed E-state index contributed by atoms with van der Waals surface area (Å²) in [5.74, 6) is 0.369. The number of hydrogen-bond acceptors (Lipinski definition) is 4. The number of alkyl halides is 3. The number of likely N-dealkylation sites (tertiary alicyclic amines) is 2. The molecule has 1 saturated carbocycles. The third-order valence-electron chi connectivity index (χ3n) is 7.28. The van der Waals surface area contributed by atoms with Gasteiger partial charge < -0.3 is 9.80 Å². The number of amides is 2. The number of nitriles is 1. The normalized spacial score (nSPS) is 25.2. The van der Waals surface area contributed by atoms with Crippen molar-refractivity contribution in [2.24, 2.45) is 11.3 Å². The number of carbonyl (C=O) groups excluding carboxylic acids is 1. The maximum Gasteiger partial charge on any atom is 0.417 e. The highest BCUT2D eigenvalue weighted by molar-refractivity contribution is 7.89. The summed E-state index contributed by atoms with van der Waals surface area (Å²) in [4.78, 5) is 16.1. The van der Waals surface area contributed by atoms with E-state index in [1.54, 1.807) is 21.9 Å². The van der Waals surface area contributed by atoms with Crippen molar-refractivity contribution in [2.45, 2.75) is 37.4 Å². The average Bonchev–Trinajstić information content (AvgIpc) is 2.96. The molecule has 4 aliphatic rings. The maximum absolute atomic E-state index is 13.2. The minimum Gasteiger partial charge on any atom is -0.323 e. The molecule has 11 heteroatoms. The molecule has 1 aromatic carbocycles. The Labute approximate surface area is 184 Å². The van der Waals surface area contributed by atoms with Crippen molar-refractivity contribution in [3.8, 4) is 6.07 Å². The van der Waals surface area contributed by atoms with Gasteiger partial charge in [0.05, 0.1) is 28.5 Å². The molecule has 0 unspecified atom stereocenters. The number of nitrogens with zero attached hydrogens (tertiary/aromatic N) is 3. The second-order valence-electron chi connectivity index (χ2n) is 9.91. The van der Waals surface area contributed by atoms with Crippen LogP contribution in [0.1, 0.15) is 36.0 Å². The third-order valence-corrected chi connectivity index (χ3v) is 8.77. The smallest absolute Gasteiger partial charge is 0.323 e. The standard InChI is InChI=1S/C21H23F3N4O3S/c22-21(23,24)17-6-14(1-2-16(17)9-25)5-15-7-19(8-15)10-27(11-19)18(29)28-12-20(13-28)3-4-32(30,31)26-20/h1-2,6,15,26H,3-5,7-8,10-13H2. The van der Waals surface area contributed by atoms with Gasteiger partial charge >= 0.3 is 12.2 Å². The lowest BCUT2D eigenvalue weighted by molar-refractivity contribution is -0.137. The quantitative estimate of drug-likeness (QED) is 0.721. The van der Waals surface area contributed by atoms with E-state index in [2.05, 4.69) is 4.72 Å². The molecular formula is C21H23F3N4O3S. The van der Waals surface area contributed by atoms with Gasteiger partial charge in [-0.1, -0.05) is 6.07 Å². The van der Waals surface area contributed by atoms with E-state index in [1.807, 2.05) is 0 Å². The van der Waals surface area contributed by atoms with Gasteiger partial charge in [0.15, 0.2) is 0 Å². The van der Waals surface area contributed by atoms with Gasteiger partial charge in [0, 0.05) is 31.6 Å². The summed E-state index contributed by atoms with van der Waals surface area (Å²) in [6, 6.07) is 5.44. The van der Waals surface area contributed by atoms with Crippen molar-refractivity contribution >= 4 is 16.1 Å². The Kier molecular flexibility index (Phi) is 4.60. The van der Waals surface area contributed by atoms with Crippen molar-refractivity contribution in [2.75, 3.05) is 31.9 Å². The van der Waals surface area contributed by atoms with Gasteiger partial charge in [-0.05, 0) is 49.3 Å². The molecule has 0 radical (unpaired) electrons. The fraction of sp³-hybridized carbons (Fsp3) is 0.619. The fourth-order valence-electron chi connectivity index (χ4n) is 5.85. The van der Waals surface area contributed by atoms with Gasteiger partial charge in [-0.15, -0.1) is 0 Å². The third kappa shape index (κ3) is 3.63. The molecule has 3 heterocycles. The highest BCUT2D eigenvalue weighted by atomic mass is 32.2. The topological polar surface area (TPSA) is 93.5 Å². The minimum atomic E-state index is -4.55. The van der Waals surface area contributed by atoms with E-state index in [9.17, 15) is 26.4 Å². The summed E-state index contributed by atoms with van der Waals surface area (Å²) >= 11 is 0. The Morgan fingerprint density at radius 2 is 1.84 bits per heavy atom. The van der Waals surface area contributed by atoms with Crippen LogP contribution in [0.15, 0.2) is 18.2 Å². The molecular weight excluding hydrogens is 445 g/mol. The lowest BCUT2D eigenvalue weighted by Gasteiger charge is -2.61. The molecule has 0 atom stereocenters. The van der Waals surface area contributed by atoms with E-state index < -0.39 is 27.3 Å². The number of hydrogen-bond donors (Lipinski definition) is 1. The molecule has 4 fully saturated rings. The highest BCUT2D eigenvalue weighted by Crippen LogP contribution is 2.53. The van der Waals surface area contributed by atoms with E-state index in [1.165, 1.54) is 6.07 Å². The minimum absolute atomic E-state index is 0.0529. The van der Waals surface area contributed by atoms with E-state index in [0.717, 1.165) is 18.9 Å². The van der Waals surface area contributed by atoms with Crippen LogP contribution in [0.3, 0.4) is 0 Å². The van der Waals surface area contributed by atoms with Gasteiger partial charge in [-0.3, -0.25) is 0 Å². The van der Waals surface area contributed by atoms with Crippen LogP contribution in [0, 0.1) is 22.7 Å². The second-order valence-corrected chi connectivity index (χ2v) is 11.8. The summed E-state index contributed by atoms with van der Waals surface area (Å²) in [5, 5.41) is 8.92. The molecule has 1 aliphatic carbocycles. The zero-order chi connectivity index (χ0) is 22.9. The zero-order valence-corrected chi connectivity index (χ0v) is 18.1. The predicted octanol–water partition coefficient (Wildman–Crippen LogP) is 2.33. The summed E-state index contributed by atoms with van der Waals surface area (Å²) in [5.41, 5.74) is -1.11. The molecule has 2 amide bonds. The molecule has 1 N–H and O–H groups in total. The van der Waals surface area contributed by atoms with Gasteiger partial charge in [0.2, 0.25) is 10.0 Å². The number of nitrogens with one attached hydrogen (secondary N) is 1. The van der Waals surface area contributed by atoms with Crippen LogP contribution in [0.25, 0.3) is 0 Å². The molecule has 172 valence electrons. The van der Waals surface area contributed by atoms with Crippen molar-refractivity contribution < 1.29 is 26.4 Å². The van der Waals surface area contributed by atoms with Crippen molar-refractivity contribution in [1.82, 2.24) is 14.5 Å². The van der Waals surface area contributed by atoms with E-state index in [0.29, 0.717) is 44.6 Å². The molecule has 3 saturated heterocycles. The van der Waals surface area contributed by atoms with Crippen LogP contribution in [-0.2, 0) is 22.6 Å². The van der Waals surface area contributed by atoms with Gasteiger partial charge in [-0.2, -0.15) is 18.4 Å². The molecule has 0 aromatic heterocycles. The van der Waals surface area contributed by atoms with E-state index in [-0.39, 0.29) is 28.7 Å². The highest BCUT2D eigenvalue weighted by Gasteiger charge is 2.57. The van der Waals surface area contributed by atoms with Crippen molar-refractivity contribution in [1.29, 1.82) is 5.26 Å². The van der Waals surface area contributed by atoms with Crippen LogP contribution in [-0.4, -0.2) is 61.7 Å². The van der Waals surface area contributed by atoms with Crippen LogP contribution >= 0.6 is 0 Å². The van der Waals surface area contributed by atoms with Gasteiger partial charge in [0.1, 0.15) is 0 Å². The summed E-state index contributed by atoms with van der Waals surface area (Å²) < 4.78 is 65.4. The van der Waals surface area contributed by atoms with Crippen molar-refractivity contribution in [3.05, 3.63) is 34.9 Å². The maximum atomic E-state index is 13.2. The summed E-state index contributed by atoms with van der Waals surface area (Å²) in [6.07, 6.45) is -1.77. The van der Waals surface area contributed by atoms with Crippen LogP contribution in [0.2, 0.25) is 0 Å². The Morgan fingerprint density at radius 3 is 2.41 bits per heavy atom. The fourth-order valence-corrected chi connectivity index (χ4v) is 7.51. The molecule has 32 heavy (non-hydrogen) atoms. The number of halogens is 3. The molecule has 2 spiro atoms. The number of rotatable bonds is 2. The van der Waals surface area contributed by atoms with Crippen LogP contribution < -0.4 is 4.72 Å². The first kappa shape index (κ1) is 21.5. The number of carbonyl (C=O) groups is 1. The average molecular weight is 469 g/mol.